The molecule has 24 heavy (non-hydrogen) atoms. The van der Waals surface area contributed by atoms with E-state index in [1.165, 1.54) is 6.20 Å². The normalized spacial score (nSPS) is 10.1. The maximum atomic E-state index is 12.0. The number of rotatable bonds is 7. The van der Waals surface area contributed by atoms with Crippen molar-refractivity contribution in [2.24, 2.45) is 0 Å². The van der Waals surface area contributed by atoms with Gasteiger partial charge in [-0.3, -0.25) is 4.79 Å². The SMILES string of the molecule is COc1cc(CCC(=O)Nc2ccc(N)nc2)cc(OC)c1OC. The van der Waals surface area contributed by atoms with Crippen LogP contribution in [0.4, 0.5) is 11.5 Å². The van der Waals surface area contributed by atoms with Crippen LogP contribution in [-0.4, -0.2) is 32.2 Å². The third-order valence-electron chi connectivity index (χ3n) is 3.44. The van der Waals surface area contributed by atoms with Crippen LogP contribution < -0.4 is 25.3 Å². The summed E-state index contributed by atoms with van der Waals surface area (Å²) < 4.78 is 15.9. The number of aromatic nitrogens is 1. The number of benzene rings is 1. The quantitative estimate of drug-likeness (QED) is 0.808. The first-order chi connectivity index (χ1) is 11.6. The number of carbonyl (C=O) groups is 1. The number of nitrogens with two attached hydrogens (primary N) is 1. The predicted molar refractivity (Wildman–Crippen MR) is 91.7 cm³/mol. The van der Waals surface area contributed by atoms with Crippen molar-refractivity contribution in [1.82, 2.24) is 4.98 Å². The minimum Gasteiger partial charge on any atom is -0.493 e. The second-order valence-electron chi connectivity index (χ2n) is 5.05. The molecule has 3 N–H and O–H groups in total. The molecule has 1 heterocycles. The highest BCUT2D eigenvalue weighted by atomic mass is 16.5. The van der Waals surface area contributed by atoms with Crippen molar-refractivity contribution in [3.05, 3.63) is 36.0 Å². The largest absolute Gasteiger partial charge is 0.493 e. The molecule has 0 fully saturated rings. The highest BCUT2D eigenvalue weighted by molar-refractivity contribution is 5.90. The van der Waals surface area contributed by atoms with Crippen LogP contribution in [0, 0.1) is 0 Å². The topological polar surface area (TPSA) is 95.7 Å². The van der Waals surface area contributed by atoms with Gasteiger partial charge in [0.25, 0.3) is 0 Å². The lowest BCUT2D eigenvalue weighted by Gasteiger charge is -2.14. The second-order valence-corrected chi connectivity index (χ2v) is 5.05. The molecule has 0 spiro atoms. The fourth-order valence-electron chi connectivity index (χ4n) is 2.24. The van der Waals surface area contributed by atoms with Gasteiger partial charge < -0.3 is 25.3 Å². The van der Waals surface area contributed by atoms with Crippen molar-refractivity contribution in [3.8, 4) is 17.2 Å². The van der Waals surface area contributed by atoms with Gasteiger partial charge in [0.05, 0.1) is 33.2 Å². The van der Waals surface area contributed by atoms with E-state index in [0.717, 1.165) is 5.56 Å². The highest BCUT2D eigenvalue weighted by Gasteiger charge is 2.14. The molecule has 0 radical (unpaired) electrons. The monoisotopic (exact) mass is 331 g/mol. The molecule has 0 atom stereocenters. The number of aryl methyl sites for hydroxylation is 1. The third kappa shape index (κ3) is 4.28. The summed E-state index contributed by atoms with van der Waals surface area (Å²) in [7, 11) is 4.66. The zero-order chi connectivity index (χ0) is 17.5. The van der Waals surface area contributed by atoms with Crippen LogP contribution in [0.25, 0.3) is 0 Å². The lowest BCUT2D eigenvalue weighted by molar-refractivity contribution is -0.116. The van der Waals surface area contributed by atoms with E-state index < -0.39 is 0 Å². The van der Waals surface area contributed by atoms with Crippen LogP contribution >= 0.6 is 0 Å². The second kappa shape index (κ2) is 8.05. The van der Waals surface area contributed by atoms with E-state index >= 15 is 0 Å². The Hall–Kier alpha value is -2.96. The highest BCUT2D eigenvalue weighted by Crippen LogP contribution is 2.38. The number of carbonyl (C=O) groups excluding carboxylic acids is 1. The number of hydrogen-bond donors (Lipinski definition) is 2. The Morgan fingerprint density at radius 1 is 1.12 bits per heavy atom. The molecule has 0 aliphatic carbocycles. The van der Waals surface area contributed by atoms with Crippen molar-refractivity contribution in [3.63, 3.8) is 0 Å². The van der Waals surface area contributed by atoms with E-state index in [-0.39, 0.29) is 5.91 Å². The molecule has 1 aromatic heterocycles. The van der Waals surface area contributed by atoms with Gasteiger partial charge in [0.15, 0.2) is 11.5 Å². The summed E-state index contributed by atoms with van der Waals surface area (Å²) in [6.45, 7) is 0. The minimum atomic E-state index is -0.115. The molecule has 7 nitrogen and oxygen atoms in total. The maximum Gasteiger partial charge on any atom is 0.224 e. The Balaban J connectivity index is 2.03. The molecular formula is C17H21N3O4. The summed E-state index contributed by atoms with van der Waals surface area (Å²) in [4.78, 5) is 16.0. The summed E-state index contributed by atoms with van der Waals surface area (Å²) in [6, 6.07) is 7.01. The van der Waals surface area contributed by atoms with Crippen molar-refractivity contribution in [2.45, 2.75) is 12.8 Å². The van der Waals surface area contributed by atoms with Crippen molar-refractivity contribution in [1.29, 1.82) is 0 Å². The van der Waals surface area contributed by atoms with Crippen LogP contribution in [0.15, 0.2) is 30.5 Å². The van der Waals surface area contributed by atoms with Gasteiger partial charge in [-0.25, -0.2) is 4.98 Å². The molecule has 7 heteroatoms. The van der Waals surface area contributed by atoms with E-state index in [4.69, 9.17) is 19.9 Å². The van der Waals surface area contributed by atoms with Crippen LogP contribution in [0.1, 0.15) is 12.0 Å². The number of methoxy groups -OCH3 is 3. The molecule has 2 rings (SSSR count). The van der Waals surface area contributed by atoms with Gasteiger partial charge in [0.1, 0.15) is 5.82 Å². The molecule has 0 unspecified atom stereocenters. The molecule has 0 aliphatic heterocycles. The van der Waals surface area contributed by atoms with E-state index in [2.05, 4.69) is 10.3 Å². The average Bonchev–Trinajstić information content (AvgIpc) is 2.60. The fraction of sp³-hybridized carbons (Fsp3) is 0.294. The fourth-order valence-corrected chi connectivity index (χ4v) is 2.24. The molecule has 0 aliphatic rings. The molecule has 0 bridgehead atoms. The summed E-state index contributed by atoms with van der Waals surface area (Å²) in [5, 5.41) is 2.77. The summed E-state index contributed by atoms with van der Waals surface area (Å²) in [5.74, 6) is 1.95. The Labute approximate surface area is 140 Å². The lowest BCUT2D eigenvalue weighted by Crippen LogP contribution is -2.12. The number of nitrogens with one attached hydrogen (secondary N) is 1. The first-order valence-corrected chi connectivity index (χ1v) is 7.37. The zero-order valence-corrected chi connectivity index (χ0v) is 14.0. The zero-order valence-electron chi connectivity index (χ0n) is 14.0. The van der Waals surface area contributed by atoms with E-state index in [0.29, 0.717) is 41.6 Å². The van der Waals surface area contributed by atoms with E-state index in [9.17, 15) is 4.79 Å². The van der Waals surface area contributed by atoms with Crippen molar-refractivity contribution >= 4 is 17.4 Å². The first kappa shape index (κ1) is 17.4. The average molecular weight is 331 g/mol. The van der Waals surface area contributed by atoms with Crippen LogP contribution in [0.2, 0.25) is 0 Å². The number of pyridine rings is 1. The number of anilines is 2. The number of nitrogens with zero attached hydrogens (tertiary/aromatic N) is 1. The van der Waals surface area contributed by atoms with Crippen molar-refractivity contribution < 1.29 is 19.0 Å². The summed E-state index contributed by atoms with van der Waals surface area (Å²) in [5.41, 5.74) is 7.04. The summed E-state index contributed by atoms with van der Waals surface area (Å²) >= 11 is 0. The molecule has 2 aromatic rings. The number of nitrogen functional groups attached to an aromatic ring is 1. The molecule has 1 aromatic carbocycles. The standard InChI is InChI=1S/C17H21N3O4/c1-22-13-8-11(9-14(23-2)17(13)24-3)4-7-16(21)20-12-5-6-15(18)19-10-12/h5-6,8-10H,4,7H2,1-3H3,(H2,18,19)(H,20,21). The van der Waals surface area contributed by atoms with Gasteiger partial charge in [-0.05, 0) is 36.2 Å². The Kier molecular flexibility index (Phi) is 5.83. The first-order valence-electron chi connectivity index (χ1n) is 7.37. The van der Waals surface area contributed by atoms with Gasteiger partial charge in [0.2, 0.25) is 11.7 Å². The van der Waals surface area contributed by atoms with E-state index in [1.807, 2.05) is 12.1 Å². The number of hydrogen-bond acceptors (Lipinski definition) is 6. The molecule has 0 saturated heterocycles. The Morgan fingerprint density at radius 2 is 1.79 bits per heavy atom. The lowest BCUT2D eigenvalue weighted by atomic mass is 10.1. The maximum absolute atomic E-state index is 12.0. The summed E-state index contributed by atoms with van der Waals surface area (Å²) in [6.07, 6.45) is 2.36. The van der Waals surface area contributed by atoms with Gasteiger partial charge in [-0.15, -0.1) is 0 Å². The number of ether oxygens (including phenoxy) is 3. The van der Waals surface area contributed by atoms with Gasteiger partial charge >= 0.3 is 0 Å². The molecule has 128 valence electrons. The van der Waals surface area contributed by atoms with Gasteiger partial charge in [-0.1, -0.05) is 0 Å². The third-order valence-corrected chi connectivity index (χ3v) is 3.44. The Morgan fingerprint density at radius 3 is 2.29 bits per heavy atom. The Bertz CT molecular complexity index is 676. The van der Waals surface area contributed by atoms with Gasteiger partial charge in [0, 0.05) is 6.42 Å². The number of amides is 1. The molecular weight excluding hydrogens is 310 g/mol. The van der Waals surface area contributed by atoms with Crippen LogP contribution in [0.3, 0.4) is 0 Å². The molecule has 1 amide bonds. The predicted octanol–water partition coefficient (Wildman–Crippen LogP) is 2.26. The van der Waals surface area contributed by atoms with E-state index in [1.54, 1.807) is 33.5 Å². The van der Waals surface area contributed by atoms with Crippen LogP contribution in [0.5, 0.6) is 17.2 Å². The minimum absolute atomic E-state index is 0.115. The smallest absolute Gasteiger partial charge is 0.224 e. The van der Waals surface area contributed by atoms with Crippen LogP contribution in [-0.2, 0) is 11.2 Å². The molecule has 0 saturated carbocycles. The van der Waals surface area contributed by atoms with Gasteiger partial charge in [-0.2, -0.15) is 0 Å². The van der Waals surface area contributed by atoms with Crippen molar-refractivity contribution in [2.75, 3.05) is 32.4 Å².